The van der Waals surface area contributed by atoms with Gasteiger partial charge in [0.25, 0.3) is 0 Å². The van der Waals surface area contributed by atoms with Crippen LogP contribution in [-0.4, -0.2) is 24.0 Å². The van der Waals surface area contributed by atoms with Crippen LogP contribution in [0.2, 0.25) is 0 Å². The molecule has 0 N–H and O–H groups in total. The number of hydrogen-bond donors (Lipinski definition) is 0. The molecule has 1 rings (SSSR count). The zero-order chi connectivity index (χ0) is 20.9. The summed E-state index contributed by atoms with van der Waals surface area (Å²) >= 11 is 0. The van der Waals surface area contributed by atoms with Crippen molar-refractivity contribution in [3.8, 4) is 0 Å². The highest BCUT2D eigenvalue weighted by Gasteiger charge is 2.30. The first kappa shape index (κ1) is 26.0. The molecule has 28 heavy (non-hydrogen) atoms. The maximum absolute atomic E-state index is 2.84. The van der Waals surface area contributed by atoms with E-state index in [2.05, 4.69) is 46.4 Å². The van der Waals surface area contributed by atoms with Crippen LogP contribution < -0.4 is 0 Å². The van der Waals surface area contributed by atoms with Gasteiger partial charge in [0.15, 0.2) is 0 Å². The van der Waals surface area contributed by atoms with Crippen LogP contribution in [0.5, 0.6) is 0 Å². The average molecular weight is 394 g/mol. The molecule has 1 aliphatic rings. The largest absolute Gasteiger partial charge is 0.300 e. The van der Waals surface area contributed by atoms with Crippen molar-refractivity contribution in [2.45, 2.75) is 150 Å². The second-order valence-corrected chi connectivity index (χ2v) is 11.8. The minimum Gasteiger partial charge on any atom is -0.300 e. The lowest BCUT2D eigenvalue weighted by Gasteiger charge is -2.41. The van der Waals surface area contributed by atoms with Gasteiger partial charge in [0, 0.05) is 6.04 Å². The van der Waals surface area contributed by atoms with Crippen LogP contribution in [0.4, 0.5) is 0 Å². The summed E-state index contributed by atoms with van der Waals surface area (Å²) < 4.78 is 0. The van der Waals surface area contributed by atoms with Crippen LogP contribution in [0.15, 0.2) is 0 Å². The van der Waals surface area contributed by atoms with Crippen LogP contribution in [-0.2, 0) is 0 Å². The molecule has 1 fully saturated rings. The second-order valence-electron chi connectivity index (χ2n) is 11.8. The van der Waals surface area contributed by atoms with Gasteiger partial charge in [0.05, 0.1) is 0 Å². The van der Waals surface area contributed by atoms with Crippen molar-refractivity contribution in [1.29, 1.82) is 0 Å². The van der Waals surface area contributed by atoms with Crippen molar-refractivity contribution in [2.75, 3.05) is 13.1 Å². The molecule has 1 atom stereocenters. The normalized spacial score (nSPS) is 17.8. The molecule has 1 heterocycles. The van der Waals surface area contributed by atoms with E-state index in [1.54, 1.807) is 0 Å². The molecule has 0 amide bonds. The molecule has 0 spiro atoms. The molecule has 0 aromatic heterocycles. The van der Waals surface area contributed by atoms with Crippen LogP contribution >= 0.6 is 0 Å². The van der Waals surface area contributed by atoms with Crippen LogP contribution in [0.3, 0.4) is 0 Å². The fourth-order valence-corrected chi connectivity index (χ4v) is 5.15. The fraction of sp³-hybridized carbons (Fsp3) is 1.00. The van der Waals surface area contributed by atoms with E-state index in [4.69, 9.17) is 0 Å². The third-order valence-electron chi connectivity index (χ3n) is 6.75. The lowest BCUT2D eigenvalue weighted by atomic mass is 9.76. The standard InChI is InChI=1S/C27H55N/c1-7-8-9-10-11-12-13-14-15-17-20-27(5,6)24-25(23-26(2,3)4)28-21-18-16-19-22-28/h25H,7-24H2,1-6H3. The van der Waals surface area contributed by atoms with Gasteiger partial charge in [-0.3, -0.25) is 0 Å². The predicted octanol–water partition coefficient (Wildman–Crippen LogP) is 9.00. The van der Waals surface area contributed by atoms with Gasteiger partial charge in [-0.1, -0.05) is 112 Å². The summed E-state index contributed by atoms with van der Waals surface area (Å²) in [4.78, 5) is 2.84. The van der Waals surface area contributed by atoms with Gasteiger partial charge in [-0.25, -0.2) is 0 Å². The molecule has 0 aromatic rings. The van der Waals surface area contributed by atoms with Crippen LogP contribution in [0.25, 0.3) is 0 Å². The summed E-state index contributed by atoms with van der Waals surface area (Å²) in [7, 11) is 0. The van der Waals surface area contributed by atoms with E-state index in [-0.39, 0.29) is 0 Å². The van der Waals surface area contributed by atoms with E-state index in [1.165, 1.54) is 116 Å². The van der Waals surface area contributed by atoms with E-state index in [0.29, 0.717) is 10.8 Å². The molecule has 1 heteroatoms. The van der Waals surface area contributed by atoms with Crippen molar-refractivity contribution >= 4 is 0 Å². The smallest absolute Gasteiger partial charge is 0.0105 e. The number of piperidine rings is 1. The van der Waals surface area contributed by atoms with Gasteiger partial charge < -0.3 is 4.90 Å². The Hall–Kier alpha value is -0.0400. The first-order valence-electron chi connectivity index (χ1n) is 13.0. The van der Waals surface area contributed by atoms with E-state index >= 15 is 0 Å². The SMILES string of the molecule is CCCCCCCCCCCCC(C)(C)CC(CC(C)(C)C)N1CCCCC1. The van der Waals surface area contributed by atoms with Gasteiger partial charge in [0.1, 0.15) is 0 Å². The van der Waals surface area contributed by atoms with E-state index in [9.17, 15) is 0 Å². The lowest BCUT2D eigenvalue weighted by molar-refractivity contribution is 0.0838. The molecule has 0 saturated carbocycles. The highest BCUT2D eigenvalue weighted by molar-refractivity contribution is 4.85. The second kappa shape index (κ2) is 14.1. The highest BCUT2D eigenvalue weighted by Crippen LogP contribution is 2.36. The van der Waals surface area contributed by atoms with Crippen LogP contribution in [0.1, 0.15) is 144 Å². The summed E-state index contributed by atoms with van der Waals surface area (Å²) in [5.74, 6) is 0. The number of rotatable bonds is 15. The Kier molecular flexibility index (Phi) is 13.0. The molecule has 168 valence electrons. The number of nitrogens with zero attached hydrogens (tertiary/aromatic N) is 1. The minimum absolute atomic E-state index is 0.440. The molecule has 0 radical (unpaired) electrons. The topological polar surface area (TPSA) is 3.24 Å². The first-order valence-corrected chi connectivity index (χ1v) is 13.0. The maximum atomic E-state index is 2.84. The van der Waals surface area contributed by atoms with E-state index < -0.39 is 0 Å². The third-order valence-corrected chi connectivity index (χ3v) is 6.75. The summed E-state index contributed by atoms with van der Waals surface area (Å²) in [5, 5.41) is 0. The molecule has 1 aliphatic heterocycles. The Balaban J connectivity index is 2.26. The summed E-state index contributed by atoms with van der Waals surface area (Å²) in [5.41, 5.74) is 0.933. The van der Waals surface area contributed by atoms with Gasteiger partial charge in [-0.2, -0.15) is 0 Å². The fourth-order valence-electron chi connectivity index (χ4n) is 5.15. The quantitative estimate of drug-likeness (QED) is 0.251. The van der Waals surface area contributed by atoms with E-state index in [0.717, 1.165) is 6.04 Å². The van der Waals surface area contributed by atoms with Gasteiger partial charge in [0.2, 0.25) is 0 Å². The van der Waals surface area contributed by atoms with Crippen molar-refractivity contribution in [3.05, 3.63) is 0 Å². The lowest BCUT2D eigenvalue weighted by Crippen LogP contribution is -2.43. The van der Waals surface area contributed by atoms with Gasteiger partial charge in [-0.15, -0.1) is 0 Å². The Labute approximate surface area is 179 Å². The Morgan fingerprint density at radius 3 is 1.64 bits per heavy atom. The molecular weight excluding hydrogens is 338 g/mol. The van der Waals surface area contributed by atoms with Gasteiger partial charge in [-0.05, 0) is 56.0 Å². The molecule has 0 bridgehead atoms. The summed E-state index contributed by atoms with van der Waals surface area (Å²) in [6, 6.07) is 0.790. The Morgan fingerprint density at radius 2 is 1.14 bits per heavy atom. The molecule has 0 aromatic carbocycles. The molecular formula is C27H55N. The van der Waals surface area contributed by atoms with Crippen molar-refractivity contribution in [2.24, 2.45) is 10.8 Å². The summed E-state index contributed by atoms with van der Waals surface area (Å²) in [6.45, 7) is 17.4. The minimum atomic E-state index is 0.440. The zero-order valence-electron chi connectivity index (χ0n) is 20.8. The zero-order valence-corrected chi connectivity index (χ0v) is 20.8. The number of hydrogen-bond acceptors (Lipinski definition) is 1. The maximum Gasteiger partial charge on any atom is 0.0105 e. The first-order chi connectivity index (χ1) is 13.2. The van der Waals surface area contributed by atoms with Gasteiger partial charge >= 0.3 is 0 Å². The highest BCUT2D eigenvalue weighted by atomic mass is 15.2. The van der Waals surface area contributed by atoms with E-state index in [1.807, 2.05) is 0 Å². The number of unbranched alkanes of at least 4 members (excludes halogenated alkanes) is 9. The van der Waals surface area contributed by atoms with Crippen molar-refractivity contribution in [1.82, 2.24) is 4.90 Å². The average Bonchev–Trinajstić information content (AvgIpc) is 2.62. The molecule has 1 nitrogen and oxygen atoms in total. The number of likely N-dealkylation sites (tertiary alicyclic amines) is 1. The monoisotopic (exact) mass is 393 g/mol. The summed E-state index contributed by atoms with van der Waals surface area (Å²) in [6.07, 6.45) is 22.9. The van der Waals surface area contributed by atoms with Crippen molar-refractivity contribution < 1.29 is 0 Å². The van der Waals surface area contributed by atoms with Crippen LogP contribution in [0, 0.1) is 10.8 Å². The molecule has 1 saturated heterocycles. The molecule has 0 aliphatic carbocycles. The predicted molar refractivity (Wildman–Crippen MR) is 128 cm³/mol. The third kappa shape index (κ3) is 13.2. The molecule has 1 unspecified atom stereocenters. The Morgan fingerprint density at radius 1 is 0.643 bits per heavy atom. The Bertz CT molecular complexity index is 359. The van der Waals surface area contributed by atoms with Crippen molar-refractivity contribution in [3.63, 3.8) is 0 Å².